The first kappa shape index (κ1) is 7.74. The Morgan fingerprint density at radius 3 is 2.82 bits per heavy atom. The van der Waals surface area contributed by atoms with Crippen molar-refractivity contribution in [2.24, 2.45) is 0 Å². The standard InChI is InChI=1S/C5H4ClN3O2/c6-4-3(5(10)11)8-1-2(7)9-4/h1H,(H2,7,9)(H,10,11). The van der Waals surface area contributed by atoms with Crippen LogP contribution in [0.2, 0.25) is 5.15 Å². The molecule has 0 unspecified atom stereocenters. The number of halogens is 1. The summed E-state index contributed by atoms with van der Waals surface area (Å²) < 4.78 is 0. The van der Waals surface area contributed by atoms with Crippen molar-refractivity contribution < 1.29 is 9.90 Å². The predicted molar refractivity (Wildman–Crippen MR) is 38.4 cm³/mol. The van der Waals surface area contributed by atoms with Crippen molar-refractivity contribution in [3.63, 3.8) is 0 Å². The maximum atomic E-state index is 10.3. The minimum atomic E-state index is -1.22. The molecule has 1 heterocycles. The Morgan fingerprint density at radius 2 is 2.36 bits per heavy atom. The van der Waals surface area contributed by atoms with Crippen molar-refractivity contribution >= 4 is 23.4 Å². The molecule has 0 saturated carbocycles. The van der Waals surface area contributed by atoms with Gasteiger partial charge in [0.05, 0.1) is 6.20 Å². The summed E-state index contributed by atoms with van der Waals surface area (Å²) >= 11 is 5.39. The van der Waals surface area contributed by atoms with Gasteiger partial charge in [0.25, 0.3) is 0 Å². The van der Waals surface area contributed by atoms with Gasteiger partial charge in [0.2, 0.25) is 0 Å². The van der Waals surface area contributed by atoms with E-state index < -0.39 is 5.97 Å². The molecule has 0 amide bonds. The highest BCUT2D eigenvalue weighted by atomic mass is 35.5. The van der Waals surface area contributed by atoms with Crippen molar-refractivity contribution in [1.82, 2.24) is 9.97 Å². The van der Waals surface area contributed by atoms with Crippen LogP contribution in [0.15, 0.2) is 6.20 Å². The summed E-state index contributed by atoms with van der Waals surface area (Å²) in [6, 6.07) is 0. The molecule has 6 heteroatoms. The number of rotatable bonds is 1. The summed E-state index contributed by atoms with van der Waals surface area (Å²) in [5.74, 6) is -1.12. The molecule has 58 valence electrons. The Bertz CT molecular complexity index is 302. The van der Waals surface area contributed by atoms with E-state index in [-0.39, 0.29) is 16.7 Å². The van der Waals surface area contributed by atoms with Gasteiger partial charge in [-0.15, -0.1) is 0 Å². The molecule has 5 nitrogen and oxygen atoms in total. The zero-order chi connectivity index (χ0) is 8.43. The number of hydrogen-bond donors (Lipinski definition) is 2. The normalized spacial score (nSPS) is 9.55. The minimum Gasteiger partial charge on any atom is -0.476 e. The highest BCUT2D eigenvalue weighted by Gasteiger charge is 2.10. The number of carboxylic acids is 1. The van der Waals surface area contributed by atoms with E-state index in [1.807, 2.05) is 0 Å². The molecule has 0 spiro atoms. The van der Waals surface area contributed by atoms with Crippen LogP contribution in [0.5, 0.6) is 0 Å². The molecule has 0 saturated heterocycles. The van der Waals surface area contributed by atoms with E-state index in [4.69, 9.17) is 22.4 Å². The van der Waals surface area contributed by atoms with Crippen LogP contribution in [0.25, 0.3) is 0 Å². The lowest BCUT2D eigenvalue weighted by Gasteiger charge is -1.96. The van der Waals surface area contributed by atoms with E-state index in [0.29, 0.717) is 0 Å². The van der Waals surface area contributed by atoms with E-state index in [0.717, 1.165) is 6.20 Å². The van der Waals surface area contributed by atoms with E-state index in [2.05, 4.69) is 9.97 Å². The summed E-state index contributed by atoms with van der Waals surface area (Å²) in [5, 5.41) is 8.23. The van der Waals surface area contributed by atoms with Crippen LogP contribution in [0.4, 0.5) is 5.82 Å². The maximum Gasteiger partial charge on any atom is 0.357 e. The van der Waals surface area contributed by atoms with Crippen LogP contribution in [0, 0.1) is 0 Å². The number of nitrogen functional groups attached to an aromatic ring is 1. The van der Waals surface area contributed by atoms with Gasteiger partial charge in [0.1, 0.15) is 5.82 Å². The summed E-state index contributed by atoms with van der Waals surface area (Å²) in [6.45, 7) is 0. The van der Waals surface area contributed by atoms with Crippen LogP contribution in [0.3, 0.4) is 0 Å². The molecule has 3 N–H and O–H groups in total. The molecule has 1 aromatic rings. The molecule has 0 aromatic carbocycles. The van der Waals surface area contributed by atoms with Crippen LogP contribution >= 0.6 is 11.6 Å². The lowest BCUT2D eigenvalue weighted by atomic mass is 10.4. The first-order valence-electron chi connectivity index (χ1n) is 2.62. The Morgan fingerprint density at radius 1 is 1.73 bits per heavy atom. The van der Waals surface area contributed by atoms with Crippen molar-refractivity contribution in [3.05, 3.63) is 17.0 Å². The fourth-order valence-corrected chi connectivity index (χ4v) is 0.750. The first-order chi connectivity index (χ1) is 5.11. The third kappa shape index (κ3) is 1.56. The summed E-state index contributed by atoms with van der Waals surface area (Å²) in [5.41, 5.74) is 4.89. The fraction of sp³-hybridized carbons (Fsp3) is 0. The Kier molecular flexibility index (Phi) is 1.91. The predicted octanol–water partition coefficient (Wildman–Crippen LogP) is 0.410. The molecule has 0 bridgehead atoms. The zero-order valence-electron chi connectivity index (χ0n) is 5.28. The quantitative estimate of drug-likeness (QED) is 0.642. The lowest BCUT2D eigenvalue weighted by Crippen LogP contribution is -2.04. The van der Waals surface area contributed by atoms with Crippen LogP contribution in [-0.4, -0.2) is 21.0 Å². The van der Waals surface area contributed by atoms with Crippen molar-refractivity contribution in [3.8, 4) is 0 Å². The van der Waals surface area contributed by atoms with Gasteiger partial charge in [-0.3, -0.25) is 0 Å². The van der Waals surface area contributed by atoms with Crippen molar-refractivity contribution in [2.45, 2.75) is 0 Å². The third-order valence-electron chi connectivity index (χ3n) is 0.951. The molecular formula is C5H4ClN3O2. The number of nitrogens with zero attached hydrogens (tertiary/aromatic N) is 2. The molecule has 0 aliphatic carbocycles. The maximum absolute atomic E-state index is 10.3. The molecule has 1 aromatic heterocycles. The Hall–Kier alpha value is -1.36. The van der Waals surface area contributed by atoms with Crippen LogP contribution < -0.4 is 5.73 Å². The molecule has 11 heavy (non-hydrogen) atoms. The van der Waals surface area contributed by atoms with Gasteiger partial charge in [-0.2, -0.15) is 0 Å². The second-order valence-electron chi connectivity index (χ2n) is 1.74. The molecule has 0 aliphatic rings. The largest absolute Gasteiger partial charge is 0.476 e. The number of aromatic nitrogens is 2. The fourth-order valence-electron chi connectivity index (χ4n) is 0.523. The average Bonchev–Trinajstić information content (AvgIpc) is 1.85. The van der Waals surface area contributed by atoms with E-state index in [9.17, 15) is 4.79 Å². The highest BCUT2D eigenvalue weighted by molar-refractivity contribution is 6.32. The number of hydrogen-bond acceptors (Lipinski definition) is 4. The van der Waals surface area contributed by atoms with E-state index in [1.165, 1.54) is 0 Å². The number of anilines is 1. The topological polar surface area (TPSA) is 89.1 Å². The second kappa shape index (κ2) is 2.71. The number of nitrogens with two attached hydrogens (primary N) is 1. The van der Waals surface area contributed by atoms with Crippen LogP contribution in [0.1, 0.15) is 10.5 Å². The van der Waals surface area contributed by atoms with Gasteiger partial charge in [-0.25, -0.2) is 14.8 Å². The first-order valence-corrected chi connectivity index (χ1v) is 3.00. The van der Waals surface area contributed by atoms with Gasteiger partial charge in [-0.05, 0) is 0 Å². The molecule has 0 aliphatic heterocycles. The number of carboxylic acid groups (broad SMARTS) is 1. The van der Waals surface area contributed by atoms with E-state index in [1.54, 1.807) is 0 Å². The van der Waals surface area contributed by atoms with Crippen molar-refractivity contribution in [1.29, 1.82) is 0 Å². The molecule has 0 fully saturated rings. The number of aromatic carboxylic acids is 1. The van der Waals surface area contributed by atoms with Gasteiger partial charge in [0, 0.05) is 0 Å². The molecule has 1 rings (SSSR count). The lowest BCUT2D eigenvalue weighted by molar-refractivity contribution is 0.0690. The highest BCUT2D eigenvalue weighted by Crippen LogP contribution is 2.10. The second-order valence-corrected chi connectivity index (χ2v) is 2.10. The zero-order valence-corrected chi connectivity index (χ0v) is 6.04. The summed E-state index contributed by atoms with van der Waals surface area (Å²) in [6.07, 6.45) is 1.13. The summed E-state index contributed by atoms with van der Waals surface area (Å²) in [4.78, 5) is 17.3. The van der Waals surface area contributed by atoms with Gasteiger partial charge < -0.3 is 10.8 Å². The van der Waals surface area contributed by atoms with Gasteiger partial charge in [-0.1, -0.05) is 11.6 Å². The SMILES string of the molecule is Nc1cnc(C(=O)O)c(Cl)n1. The molecular weight excluding hydrogens is 170 g/mol. The third-order valence-corrected chi connectivity index (χ3v) is 1.21. The monoisotopic (exact) mass is 173 g/mol. The summed E-state index contributed by atoms with van der Waals surface area (Å²) in [7, 11) is 0. The van der Waals surface area contributed by atoms with Crippen molar-refractivity contribution in [2.75, 3.05) is 5.73 Å². The molecule has 0 atom stereocenters. The Labute approximate surface area is 66.8 Å². The number of carbonyl (C=O) groups is 1. The smallest absolute Gasteiger partial charge is 0.357 e. The average molecular weight is 174 g/mol. The minimum absolute atomic E-state index is 0.0972. The Balaban J connectivity index is 3.20. The van der Waals surface area contributed by atoms with E-state index >= 15 is 0 Å². The van der Waals surface area contributed by atoms with Gasteiger partial charge >= 0.3 is 5.97 Å². The van der Waals surface area contributed by atoms with Gasteiger partial charge in [0.15, 0.2) is 10.8 Å². The van der Waals surface area contributed by atoms with Crippen LogP contribution in [-0.2, 0) is 0 Å². The molecule has 0 radical (unpaired) electrons.